The molecule has 0 bridgehead atoms. The molecular formula is C28H29F5N4O5. The van der Waals surface area contributed by atoms with Crippen molar-refractivity contribution in [3.63, 3.8) is 0 Å². The van der Waals surface area contributed by atoms with Crippen LogP contribution in [0.1, 0.15) is 35.0 Å². The van der Waals surface area contributed by atoms with Gasteiger partial charge in [-0.3, -0.25) is 14.2 Å². The first-order valence-corrected chi connectivity index (χ1v) is 12.7. The fourth-order valence-electron chi connectivity index (χ4n) is 4.38. The third-order valence-electron chi connectivity index (χ3n) is 6.84. The van der Waals surface area contributed by atoms with Crippen molar-refractivity contribution in [2.75, 3.05) is 12.4 Å². The summed E-state index contributed by atoms with van der Waals surface area (Å²) in [6.45, 7) is 2.86. The Hall–Kier alpha value is -4.49. The second-order valence-corrected chi connectivity index (χ2v) is 9.58. The van der Waals surface area contributed by atoms with Gasteiger partial charge in [-0.25, -0.2) is 18.4 Å². The van der Waals surface area contributed by atoms with Gasteiger partial charge in [0.15, 0.2) is 0 Å². The highest BCUT2D eigenvalue weighted by molar-refractivity contribution is 5.97. The molecular weight excluding hydrogens is 567 g/mol. The summed E-state index contributed by atoms with van der Waals surface area (Å²) in [6.07, 6.45) is -5.25. The monoisotopic (exact) mass is 596 g/mol. The molecule has 2 aromatic carbocycles. The van der Waals surface area contributed by atoms with Crippen molar-refractivity contribution >= 4 is 17.6 Å². The molecule has 0 fully saturated rings. The largest absolute Gasteiger partial charge is 0.467 e. The first-order valence-electron chi connectivity index (χ1n) is 12.7. The van der Waals surface area contributed by atoms with Gasteiger partial charge in [0.2, 0.25) is 0 Å². The Labute approximate surface area is 236 Å². The van der Waals surface area contributed by atoms with E-state index in [1.54, 1.807) is 31.2 Å². The molecule has 0 aliphatic heterocycles. The topological polar surface area (TPSA) is 111 Å². The van der Waals surface area contributed by atoms with Gasteiger partial charge in [0.05, 0.1) is 12.7 Å². The number of rotatable bonds is 9. The molecule has 9 nitrogen and oxygen atoms in total. The van der Waals surface area contributed by atoms with E-state index in [2.05, 4.69) is 5.32 Å². The first-order chi connectivity index (χ1) is 19.6. The number of nitrogens with zero attached hydrogens (tertiary/aromatic N) is 2. The van der Waals surface area contributed by atoms with Gasteiger partial charge in [-0.15, -0.1) is 0 Å². The standard InChI is InChI=1S/C28H29F5N4O5/c1-6-21(28(31,32)33)34-17-12-18(29)23(19(30)13-17)24(38)35-20(26(40)42-5)11-15-7-9-16(10-8-15)22-14(2)36(3)27(41)37(4)25(22)39/h7-10,12-13,20-21,34H,6,11H2,1-5H3,(H,35,38)/t20-,21+/m0/s1. The summed E-state index contributed by atoms with van der Waals surface area (Å²) in [5.74, 6) is -5.12. The molecule has 0 unspecified atom stereocenters. The van der Waals surface area contributed by atoms with Crippen LogP contribution in [0.4, 0.5) is 27.6 Å². The molecule has 1 heterocycles. The lowest BCUT2D eigenvalue weighted by Crippen LogP contribution is -2.43. The van der Waals surface area contributed by atoms with Gasteiger partial charge in [0.1, 0.15) is 29.3 Å². The van der Waals surface area contributed by atoms with Gasteiger partial charge < -0.3 is 19.9 Å². The third kappa shape index (κ3) is 6.69. The van der Waals surface area contributed by atoms with E-state index >= 15 is 0 Å². The molecule has 1 aromatic heterocycles. The van der Waals surface area contributed by atoms with Gasteiger partial charge in [-0.1, -0.05) is 31.2 Å². The number of halogens is 5. The number of hydrogen-bond acceptors (Lipinski definition) is 6. The Bertz CT molecular complexity index is 1590. The van der Waals surface area contributed by atoms with Gasteiger partial charge in [-0.2, -0.15) is 13.2 Å². The lowest BCUT2D eigenvalue weighted by atomic mass is 10.00. The van der Waals surface area contributed by atoms with E-state index in [9.17, 15) is 41.1 Å². The average Bonchev–Trinajstić information content (AvgIpc) is 2.92. The molecule has 2 N–H and O–H groups in total. The van der Waals surface area contributed by atoms with Crippen molar-refractivity contribution in [1.82, 2.24) is 14.5 Å². The molecule has 0 aliphatic carbocycles. The van der Waals surface area contributed by atoms with Crippen LogP contribution in [0.3, 0.4) is 0 Å². The molecule has 2 atom stereocenters. The van der Waals surface area contributed by atoms with Crippen molar-refractivity contribution in [2.45, 2.75) is 44.9 Å². The van der Waals surface area contributed by atoms with Crippen LogP contribution in [0.25, 0.3) is 11.1 Å². The van der Waals surface area contributed by atoms with E-state index < -0.39 is 70.7 Å². The molecule has 0 saturated carbocycles. The Kier molecular flexibility index (Phi) is 9.59. The van der Waals surface area contributed by atoms with Crippen LogP contribution in [-0.4, -0.2) is 46.4 Å². The summed E-state index contributed by atoms with van der Waals surface area (Å²) in [5, 5.41) is 4.21. The number of methoxy groups -OCH3 is 1. The van der Waals surface area contributed by atoms with Crippen molar-refractivity contribution < 1.29 is 36.3 Å². The zero-order valence-electron chi connectivity index (χ0n) is 23.4. The molecule has 0 spiro atoms. The van der Waals surface area contributed by atoms with Crippen LogP contribution in [0.5, 0.6) is 0 Å². The zero-order valence-corrected chi connectivity index (χ0v) is 23.4. The highest BCUT2D eigenvalue weighted by Gasteiger charge is 2.38. The quantitative estimate of drug-likeness (QED) is 0.289. The average molecular weight is 597 g/mol. The lowest BCUT2D eigenvalue weighted by molar-refractivity contribution is -0.143. The Morgan fingerprint density at radius 1 is 1.00 bits per heavy atom. The Morgan fingerprint density at radius 2 is 1.57 bits per heavy atom. The maximum atomic E-state index is 14.7. The molecule has 226 valence electrons. The van der Waals surface area contributed by atoms with Crippen molar-refractivity contribution in [2.24, 2.45) is 14.1 Å². The smallest absolute Gasteiger partial charge is 0.408 e. The summed E-state index contributed by atoms with van der Waals surface area (Å²) in [6, 6.07) is 3.94. The predicted octanol–water partition coefficient (Wildman–Crippen LogP) is 3.60. The fraction of sp³-hybridized carbons (Fsp3) is 0.357. The van der Waals surface area contributed by atoms with Gasteiger partial charge in [0.25, 0.3) is 11.5 Å². The van der Waals surface area contributed by atoms with E-state index in [1.807, 2.05) is 5.32 Å². The van der Waals surface area contributed by atoms with E-state index in [0.717, 1.165) is 11.7 Å². The number of carbonyl (C=O) groups is 2. The molecule has 14 heteroatoms. The van der Waals surface area contributed by atoms with Gasteiger partial charge >= 0.3 is 17.8 Å². The number of ether oxygens (including phenoxy) is 1. The summed E-state index contributed by atoms with van der Waals surface area (Å²) in [7, 11) is 3.93. The van der Waals surface area contributed by atoms with Gasteiger partial charge in [-0.05, 0) is 36.6 Å². The molecule has 3 rings (SSSR count). The summed E-state index contributed by atoms with van der Waals surface area (Å²) in [4.78, 5) is 50.1. The first kappa shape index (κ1) is 32.0. The number of anilines is 1. The second kappa shape index (κ2) is 12.6. The summed E-state index contributed by atoms with van der Waals surface area (Å²) in [5.41, 5.74) is -0.911. The number of amides is 1. The number of esters is 1. The maximum Gasteiger partial charge on any atom is 0.408 e. The van der Waals surface area contributed by atoms with E-state index in [4.69, 9.17) is 4.74 Å². The normalized spacial score (nSPS) is 12.9. The number of nitrogens with one attached hydrogen (secondary N) is 2. The summed E-state index contributed by atoms with van der Waals surface area (Å²) < 4.78 is 75.6. The van der Waals surface area contributed by atoms with E-state index in [0.29, 0.717) is 29.0 Å². The van der Waals surface area contributed by atoms with Crippen LogP contribution in [0.2, 0.25) is 0 Å². The minimum Gasteiger partial charge on any atom is -0.467 e. The summed E-state index contributed by atoms with van der Waals surface area (Å²) >= 11 is 0. The minimum absolute atomic E-state index is 0.171. The minimum atomic E-state index is -4.67. The number of aromatic nitrogens is 2. The van der Waals surface area contributed by atoms with Crippen LogP contribution in [-0.2, 0) is 30.0 Å². The molecule has 42 heavy (non-hydrogen) atoms. The van der Waals surface area contributed by atoms with Crippen LogP contribution < -0.4 is 21.9 Å². The highest BCUT2D eigenvalue weighted by atomic mass is 19.4. The molecule has 0 saturated heterocycles. The maximum absolute atomic E-state index is 14.7. The SMILES string of the molecule is CC[C@@H](Nc1cc(F)c(C(=O)N[C@@H](Cc2ccc(-c3c(C)n(C)c(=O)n(C)c3=O)cc2)C(=O)OC)c(F)c1)C(F)(F)F. The fourth-order valence-corrected chi connectivity index (χ4v) is 4.38. The van der Waals surface area contributed by atoms with Crippen molar-refractivity contribution in [1.29, 1.82) is 0 Å². The zero-order chi connectivity index (χ0) is 31.5. The van der Waals surface area contributed by atoms with Crippen molar-refractivity contribution in [3.8, 4) is 11.1 Å². The van der Waals surface area contributed by atoms with E-state index in [1.165, 1.54) is 25.6 Å². The number of hydrogen-bond donors (Lipinski definition) is 2. The number of benzene rings is 2. The van der Waals surface area contributed by atoms with Crippen molar-refractivity contribution in [3.05, 3.63) is 85.7 Å². The third-order valence-corrected chi connectivity index (χ3v) is 6.84. The number of alkyl halides is 3. The van der Waals surface area contributed by atoms with Crippen LogP contribution in [0, 0.1) is 18.6 Å². The number of carbonyl (C=O) groups excluding carboxylic acids is 2. The van der Waals surface area contributed by atoms with E-state index in [-0.39, 0.29) is 12.0 Å². The second-order valence-electron chi connectivity index (χ2n) is 9.58. The van der Waals surface area contributed by atoms with Crippen LogP contribution in [0.15, 0.2) is 46.0 Å². The van der Waals surface area contributed by atoms with Crippen LogP contribution >= 0.6 is 0 Å². The molecule has 1 amide bonds. The Morgan fingerprint density at radius 3 is 2.07 bits per heavy atom. The predicted molar refractivity (Wildman–Crippen MR) is 144 cm³/mol. The van der Waals surface area contributed by atoms with Gasteiger partial charge in [0, 0.05) is 31.9 Å². The highest BCUT2D eigenvalue weighted by Crippen LogP contribution is 2.28. The molecule has 0 aliphatic rings. The molecule has 3 aromatic rings. The Balaban J connectivity index is 1.85. The molecule has 0 radical (unpaired) electrons. The lowest BCUT2D eigenvalue weighted by Gasteiger charge is -2.22.